The van der Waals surface area contributed by atoms with Crippen LogP contribution >= 0.6 is 34.8 Å². The zero-order valence-electron chi connectivity index (χ0n) is 12.1. The van der Waals surface area contributed by atoms with Crippen LogP contribution in [0.15, 0.2) is 42.6 Å². The molecule has 0 saturated heterocycles. The van der Waals surface area contributed by atoms with Crippen LogP contribution in [-0.4, -0.2) is 21.3 Å². The summed E-state index contributed by atoms with van der Waals surface area (Å²) in [4.78, 5) is 18.8. The van der Waals surface area contributed by atoms with Crippen LogP contribution < -0.4 is 4.90 Å². The second kappa shape index (κ2) is 6.40. The molecule has 0 fully saturated rings. The van der Waals surface area contributed by atoms with Gasteiger partial charge in [-0.1, -0.05) is 35.3 Å². The Morgan fingerprint density at radius 2 is 1.87 bits per heavy atom. The van der Waals surface area contributed by atoms with Crippen LogP contribution in [0.25, 0.3) is 5.65 Å². The lowest BCUT2D eigenvalue weighted by Crippen LogP contribution is -2.31. The van der Waals surface area contributed by atoms with E-state index in [2.05, 4.69) is 4.98 Å². The van der Waals surface area contributed by atoms with E-state index in [0.717, 1.165) is 5.65 Å². The number of nitrogens with zero attached hydrogens (tertiary/aromatic N) is 3. The molecule has 1 aromatic carbocycles. The minimum absolute atomic E-state index is 0.0517. The normalized spacial score (nSPS) is 11.0. The van der Waals surface area contributed by atoms with Crippen molar-refractivity contribution in [2.75, 3.05) is 10.9 Å². The van der Waals surface area contributed by atoms with Crippen molar-refractivity contribution in [3.63, 3.8) is 0 Å². The van der Waals surface area contributed by atoms with Gasteiger partial charge in [-0.3, -0.25) is 14.1 Å². The van der Waals surface area contributed by atoms with Crippen molar-refractivity contribution >= 4 is 52.2 Å². The van der Waals surface area contributed by atoms with Gasteiger partial charge in [-0.15, -0.1) is 11.6 Å². The van der Waals surface area contributed by atoms with Crippen LogP contribution in [0.1, 0.15) is 16.1 Å². The summed E-state index contributed by atoms with van der Waals surface area (Å²) < 4.78 is 1.81. The van der Waals surface area contributed by atoms with E-state index in [-0.39, 0.29) is 27.5 Å². The summed E-state index contributed by atoms with van der Waals surface area (Å²) in [7, 11) is 0. The number of alkyl halides is 1. The summed E-state index contributed by atoms with van der Waals surface area (Å²) in [6.45, 7) is 1.82. The predicted molar refractivity (Wildman–Crippen MR) is 93.9 cm³/mol. The Morgan fingerprint density at radius 3 is 2.52 bits per heavy atom. The number of aromatic nitrogens is 2. The number of halogens is 3. The summed E-state index contributed by atoms with van der Waals surface area (Å²) in [5, 5.41) is 0.563. The van der Waals surface area contributed by atoms with Gasteiger partial charge < -0.3 is 0 Å². The van der Waals surface area contributed by atoms with Crippen molar-refractivity contribution in [3.05, 3.63) is 63.9 Å². The lowest BCUT2D eigenvalue weighted by Gasteiger charge is -2.21. The molecule has 23 heavy (non-hydrogen) atoms. The zero-order valence-corrected chi connectivity index (χ0v) is 14.4. The molecule has 3 aromatic rings. The Hall–Kier alpha value is -1.75. The van der Waals surface area contributed by atoms with Crippen LogP contribution in [0.4, 0.5) is 5.82 Å². The number of carbonyl (C=O) groups is 1. The van der Waals surface area contributed by atoms with Crippen molar-refractivity contribution in [2.45, 2.75) is 6.92 Å². The number of aryl methyl sites for hydroxylation is 1. The third-order valence-corrected chi connectivity index (χ3v) is 4.34. The monoisotopic (exact) mass is 367 g/mol. The molecule has 0 aliphatic carbocycles. The van der Waals surface area contributed by atoms with E-state index in [9.17, 15) is 4.79 Å². The molecule has 1 amide bonds. The summed E-state index contributed by atoms with van der Waals surface area (Å²) in [5.41, 5.74) is 1.64. The maximum atomic E-state index is 12.9. The van der Waals surface area contributed by atoms with Gasteiger partial charge in [0.1, 0.15) is 17.5 Å². The van der Waals surface area contributed by atoms with Gasteiger partial charge in [-0.05, 0) is 31.2 Å². The largest absolute Gasteiger partial charge is 0.286 e. The van der Waals surface area contributed by atoms with Gasteiger partial charge in [-0.25, -0.2) is 4.98 Å². The summed E-state index contributed by atoms with van der Waals surface area (Å²) in [6, 6.07) is 10.5. The maximum absolute atomic E-state index is 12.9. The third kappa shape index (κ3) is 2.78. The van der Waals surface area contributed by atoms with E-state index in [4.69, 9.17) is 34.8 Å². The standard InChI is InChI=1S/C16H12Cl3N3O/c1-10-15(21-8-3-2-7-13(21)20-10)22(9-17)16(23)14-11(18)5-4-6-12(14)19/h2-8H,9H2,1H3. The molecule has 0 radical (unpaired) electrons. The number of pyridine rings is 1. The lowest BCUT2D eigenvalue weighted by atomic mass is 10.2. The topological polar surface area (TPSA) is 37.6 Å². The Balaban J connectivity index is 2.16. The van der Waals surface area contributed by atoms with Crippen LogP contribution in [0.2, 0.25) is 10.0 Å². The molecule has 3 rings (SSSR count). The van der Waals surface area contributed by atoms with Crippen molar-refractivity contribution in [1.82, 2.24) is 9.38 Å². The van der Waals surface area contributed by atoms with Crippen molar-refractivity contribution in [1.29, 1.82) is 0 Å². The number of carbonyl (C=O) groups excluding carboxylic acids is 1. The van der Waals surface area contributed by atoms with Gasteiger partial charge in [0.2, 0.25) is 0 Å². The molecule has 0 spiro atoms. The molecule has 2 heterocycles. The third-order valence-electron chi connectivity index (χ3n) is 3.47. The maximum Gasteiger partial charge on any atom is 0.263 e. The van der Waals surface area contributed by atoms with Crippen LogP contribution in [0, 0.1) is 6.92 Å². The number of fused-ring (bicyclic) bond motifs is 1. The minimum Gasteiger partial charge on any atom is -0.286 e. The summed E-state index contributed by atoms with van der Waals surface area (Å²) in [6.07, 6.45) is 1.83. The van der Waals surface area contributed by atoms with Crippen molar-refractivity contribution < 1.29 is 4.79 Å². The number of rotatable bonds is 3. The Kier molecular flexibility index (Phi) is 4.48. The molecule has 0 N–H and O–H groups in total. The molecule has 0 saturated carbocycles. The fourth-order valence-electron chi connectivity index (χ4n) is 2.47. The van der Waals surface area contributed by atoms with E-state index < -0.39 is 0 Å². The zero-order chi connectivity index (χ0) is 16.6. The highest BCUT2D eigenvalue weighted by Crippen LogP contribution is 2.30. The first-order valence-corrected chi connectivity index (χ1v) is 8.09. The Labute approximate surface area is 148 Å². The first-order chi connectivity index (χ1) is 11.0. The molecule has 4 nitrogen and oxygen atoms in total. The number of imidazole rings is 1. The molecular weight excluding hydrogens is 357 g/mol. The molecular formula is C16H12Cl3N3O. The Morgan fingerprint density at radius 1 is 1.17 bits per heavy atom. The van der Waals surface area contributed by atoms with Crippen LogP contribution in [-0.2, 0) is 0 Å². The fraction of sp³-hybridized carbons (Fsp3) is 0.125. The highest BCUT2D eigenvalue weighted by molar-refractivity contribution is 6.40. The molecule has 0 bridgehead atoms. The molecule has 2 aromatic heterocycles. The average molecular weight is 369 g/mol. The summed E-state index contributed by atoms with van der Waals surface area (Å²) >= 11 is 18.4. The molecule has 0 atom stereocenters. The second-order valence-corrected chi connectivity index (χ2v) is 5.95. The highest BCUT2D eigenvalue weighted by Gasteiger charge is 2.26. The number of anilines is 1. The number of amides is 1. The van der Waals surface area contributed by atoms with E-state index >= 15 is 0 Å². The van der Waals surface area contributed by atoms with Gasteiger partial charge in [0.05, 0.1) is 21.3 Å². The molecule has 0 unspecified atom stereocenters. The molecule has 0 aliphatic heterocycles. The first kappa shape index (κ1) is 16.1. The van der Waals surface area contributed by atoms with E-state index in [1.165, 1.54) is 4.90 Å². The smallest absolute Gasteiger partial charge is 0.263 e. The first-order valence-electron chi connectivity index (χ1n) is 6.80. The van der Waals surface area contributed by atoms with Gasteiger partial charge in [0.25, 0.3) is 5.91 Å². The predicted octanol–water partition coefficient (Wildman–Crippen LogP) is 4.79. The highest BCUT2D eigenvalue weighted by atomic mass is 35.5. The second-order valence-electron chi connectivity index (χ2n) is 4.90. The van der Waals surface area contributed by atoms with Crippen LogP contribution in [0.5, 0.6) is 0 Å². The number of benzene rings is 1. The molecule has 0 aliphatic rings. The van der Waals surface area contributed by atoms with Crippen LogP contribution in [0.3, 0.4) is 0 Å². The van der Waals surface area contributed by atoms with E-state index in [1.807, 2.05) is 31.3 Å². The van der Waals surface area contributed by atoms with Gasteiger partial charge in [0, 0.05) is 6.20 Å². The summed E-state index contributed by atoms with van der Waals surface area (Å²) in [5.74, 6) is 0.223. The quantitative estimate of drug-likeness (QED) is 0.492. The Bertz CT molecular complexity index is 871. The molecule has 7 heteroatoms. The van der Waals surface area contributed by atoms with E-state index in [1.54, 1.807) is 22.6 Å². The van der Waals surface area contributed by atoms with Crippen molar-refractivity contribution in [2.24, 2.45) is 0 Å². The van der Waals surface area contributed by atoms with Gasteiger partial charge >= 0.3 is 0 Å². The number of hydrogen-bond acceptors (Lipinski definition) is 2. The average Bonchev–Trinajstić information content (AvgIpc) is 2.84. The SMILES string of the molecule is Cc1nc2ccccn2c1N(CCl)C(=O)c1c(Cl)cccc1Cl. The lowest BCUT2D eigenvalue weighted by molar-refractivity contribution is 0.0990. The van der Waals surface area contributed by atoms with Gasteiger partial charge in [0.15, 0.2) is 0 Å². The van der Waals surface area contributed by atoms with E-state index in [0.29, 0.717) is 11.5 Å². The van der Waals surface area contributed by atoms with Crippen molar-refractivity contribution in [3.8, 4) is 0 Å². The van der Waals surface area contributed by atoms with Gasteiger partial charge in [-0.2, -0.15) is 0 Å². The fourth-order valence-corrected chi connectivity index (χ4v) is 3.25. The molecule has 118 valence electrons. The minimum atomic E-state index is -0.371. The number of hydrogen-bond donors (Lipinski definition) is 0.